The standard InChI is InChI=1S/C19H26ClN3O/c20-8-2-1-5-16-14-22-18-7-6-15(13-17(16)18)19(24)21-9-12-23-10-3-4-11-23/h6-7,13-14,22H,1-5,8-12H2,(H,21,24). The van der Waals surface area contributed by atoms with Crippen molar-refractivity contribution in [1.29, 1.82) is 0 Å². The van der Waals surface area contributed by atoms with E-state index in [1.165, 1.54) is 18.4 Å². The van der Waals surface area contributed by atoms with Gasteiger partial charge in [-0.3, -0.25) is 4.79 Å². The summed E-state index contributed by atoms with van der Waals surface area (Å²) in [5.41, 5.74) is 3.09. The molecule has 3 rings (SSSR count). The van der Waals surface area contributed by atoms with Crippen molar-refractivity contribution in [3.8, 4) is 0 Å². The molecule has 1 aromatic heterocycles. The lowest BCUT2D eigenvalue weighted by Crippen LogP contribution is -2.33. The maximum absolute atomic E-state index is 12.4. The number of nitrogens with zero attached hydrogens (tertiary/aromatic N) is 1. The molecule has 1 aliphatic heterocycles. The van der Waals surface area contributed by atoms with Crippen LogP contribution in [-0.4, -0.2) is 47.9 Å². The number of alkyl halides is 1. The van der Waals surface area contributed by atoms with Crippen molar-refractivity contribution in [3.63, 3.8) is 0 Å². The minimum Gasteiger partial charge on any atom is -0.361 e. The maximum Gasteiger partial charge on any atom is 0.251 e. The molecule has 0 saturated carbocycles. The molecule has 0 unspecified atom stereocenters. The summed E-state index contributed by atoms with van der Waals surface area (Å²) in [6.07, 6.45) is 7.70. The number of aromatic nitrogens is 1. The molecule has 1 aliphatic rings. The van der Waals surface area contributed by atoms with Crippen molar-refractivity contribution in [2.45, 2.75) is 32.1 Å². The van der Waals surface area contributed by atoms with Gasteiger partial charge in [0.1, 0.15) is 0 Å². The zero-order valence-electron chi connectivity index (χ0n) is 14.1. The number of hydrogen-bond donors (Lipinski definition) is 2. The summed E-state index contributed by atoms with van der Waals surface area (Å²) in [6.45, 7) is 3.99. The summed E-state index contributed by atoms with van der Waals surface area (Å²) >= 11 is 5.76. The number of amides is 1. The quantitative estimate of drug-likeness (QED) is 0.566. The molecule has 0 radical (unpaired) electrons. The van der Waals surface area contributed by atoms with Crippen LogP contribution in [0.15, 0.2) is 24.4 Å². The third-order valence-electron chi connectivity index (χ3n) is 4.77. The molecular formula is C19H26ClN3O. The zero-order valence-corrected chi connectivity index (χ0v) is 14.9. The Bertz CT molecular complexity index is 676. The first kappa shape index (κ1) is 17.3. The fourth-order valence-corrected chi connectivity index (χ4v) is 3.56. The number of nitrogens with one attached hydrogen (secondary N) is 2. The predicted molar refractivity (Wildman–Crippen MR) is 100.0 cm³/mol. The van der Waals surface area contributed by atoms with E-state index in [0.29, 0.717) is 12.4 Å². The van der Waals surface area contributed by atoms with E-state index in [9.17, 15) is 4.79 Å². The molecule has 1 fully saturated rings. The van der Waals surface area contributed by atoms with Crippen LogP contribution in [0.1, 0.15) is 41.6 Å². The number of fused-ring (bicyclic) bond motifs is 1. The first-order chi connectivity index (χ1) is 11.8. The number of H-pyrrole nitrogens is 1. The molecule has 1 saturated heterocycles. The highest BCUT2D eigenvalue weighted by atomic mass is 35.5. The second-order valence-corrected chi connectivity index (χ2v) is 6.90. The van der Waals surface area contributed by atoms with E-state index in [1.54, 1.807) is 0 Å². The Labute approximate surface area is 148 Å². The first-order valence-corrected chi connectivity index (χ1v) is 9.48. The van der Waals surface area contributed by atoms with Crippen LogP contribution in [0.5, 0.6) is 0 Å². The van der Waals surface area contributed by atoms with E-state index in [4.69, 9.17) is 11.6 Å². The fraction of sp³-hybridized carbons (Fsp3) is 0.526. The second-order valence-electron chi connectivity index (χ2n) is 6.53. The van der Waals surface area contributed by atoms with Crippen molar-refractivity contribution < 1.29 is 4.79 Å². The lowest BCUT2D eigenvalue weighted by molar-refractivity contribution is 0.0950. The number of benzene rings is 1. The van der Waals surface area contributed by atoms with Gasteiger partial charge in [-0.15, -0.1) is 11.6 Å². The Kier molecular flexibility index (Phi) is 6.16. The molecule has 0 atom stereocenters. The minimum absolute atomic E-state index is 0.0176. The molecule has 2 aromatic rings. The number of unbranched alkanes of at least 4 members (excludes halogenated alkanes) is 1. The third kappa shape index (κ3) is 4.31. The topological polar surface area (TPSA) is 48.1 Å². The molecule has 130 valence electrons. The lowest BCUT2D eigenvalue weighted by Gasteiger charge is -2.14. The Morgan fingerprint density at radius 2 is 2.08 bits per heavy atom. The van der Waals surface area contributed by atoms with Crippen LogP contribution in [0.2, 0.25) is 0 Å². The van der Waals surface area contributed by atoms with Gasteiger partial charge in [0, 0.05) is 41.6 Å². The van der Waals surface area contributed by atoms with Crippen molar-refractivity contribution in [2.24, 2.45) is 0 Å². The summed E-state index contributed by atoms with van der Waals surface area (Å²) in [4.78, 5) is 18.1. The van der Waals surface area contributed by atoms with Gasteiger partial charge in [0.25, 0.3) is 5.91 Å². The lowest BCUT2D eigenvalue weighted by atomic mass is 10.0. The van der Waals surface area contributed by atoms with Gasteiger partial charge in [0.15, 0.2) is 0 Å². The van der Waals surface area contributed by atoms with Gasteiger partial charge in [0.2, 0.25) is 0 Å². The Morgan fingerprint density at radius 1 is 1.25 bits per heavy atom. The predicted octanol–water partition coefficient (Wildman–Crippen LogP) is 3.56. The molecule has 5 heteroatoms. The number of carbonyl (C=O) groups excluding carboxylic acids is 1. The van der Waals surface area contributed by atoms with Crippen molar-refractivity contribution in [2.75, 3.05) is 32.1 Å². The van der Waals surface area contributed by atoms with E-state index in [0.717, 1.165) is 55.4 Å². The van der Waals surface area contributed by atoms with Crippen molar-refractivity contribution in [3.05, 3.63) is 35.5 Å². The highest BCUT2D eigenvalue weighted by Gasteiger charge is 2.12. The van der Waals surface area contributed by atoms with E-state index in [2.05, 4.69) is 15.2 Å². The fourth-order valence-electron chi connectivity index (χ4n) is 3.37. The van der Waals surface area contributed by atoms with Crippen LogP contribution < -0.4 is 5.32 Å². The van der Waals surface area contributed by atoms with Crippen LogP contribution in [0.4, 0.5) is 0 Å². The number of halogens is 1. The summed E-state index contributed by atoms with van der Waals surface area (Å²) in [5, 5.41) is 4.20. The molecule has 24 heavy (non-hydrogen) atoms. The summed E-state index contributed by atoms with van der Waals surface area (Å²) in [7, 11) is 0. The Morgan fingerprint density at radius 3 is 2.88 bits per heavy atom. The van der Waals surface area contributed by atoms with E-state index in [-0.39, 0.29) is 5.91 Å². The van der Waals surface area contributed by atoms with Crippen molar-refractivity contribution >= 4 is 28.4 Å². The average molecular weight is 348 g/mol. The minimum atomic E-state index is 0.0176. The van der Waals surface area contributed by atoms with Crippen molar-refractivity contribution in [1.82, 2.24) is 15.2 Å². The molecule has 4 nitrogen and oxygen atoms in total. The number of aryl methyl sites for hydroxylation is 1. The summed E-state index contributed by atoms with van der Waals surface area (Å²) in [6, 6.07) is 5.90. The van der Waals surface area contributed by atoms with Crippen LogP contribution >= 0.6 is 11.6 Å². The van der Waals surface area contributed by atoms with E-state index in [1.807, 2.05) is 24.4 Å². The molecule has 2 heterocycles. The first-order valence-electron chi connectivity index (χ1n) is 8.94. The van der Waals surface area contributed by atoms with E-state index >= 15 is 0 Å². The summed E-state index contributed by atoms with van der Waals surface area (Å²) < 4.78 is 0. The van der Waals surface area contributed by atoms with Gasteiger partial charge in [-0.2, -0.15) is 0 Å². The highest BCUT2D eigenvalue weighted by molar-refractivity contribution is 6.17. The Balaban J connectivity index is 1.60. The number of aromatic amines is 1. The Hall–Kier alpha value is -1.52. The summed E-state index contributed by atoms with van der Waals surface area (Å²) in [5.74, 6) is 0.719. The maximum atomic E-state index is 12.4. The van der Waals surface area contributed by atoms with Gasteiger partial charge in [0.05, 0.1) is 0 Å². The van der Waals surface area contributed by atoms with Gasteiger partial charge < -0.3 is 15.2 Å². The number of carbonyl (C=O) groups is 1. The zero-order chi connectivity index (χ0) is 16.8. The molecule has 0 spiro atoms. The smallest absolute Gasteiger partial charge is 0.251 e. The van der Waals surface area contributed by atoms with Gasteiger partial charge in [-0.05, 0) is 69.0 Å². The van der Waals surface area contributed by atoms with Crippen LogP contribution in [0.25, 0.3) is 10.9 Å². The molecule has 2 N–H and O–H groups in total. The number of likely N-dealkylation sites (tertiary alicyclic amines) is 1. The molecule has 1 amide bonds. The third-order valence-corrected chi connectivity index (χ3v) is 5.04. The number of hydrogen-bond acceptors (Lipinski definition) is 2. The monoisotopic (exact) mass is 347 g/mol. The van der Waals surface area contributed by atoms with Gasteiger partial charge in [-0.1, -0.05) is 0 Å². The van der Waals surface area contributed by atoms with Gasteiger partial charge in [-0.25, -0.2) is 0 Å². The molecule has 0 aliphatic carbocycles. The van der Waals surface area contributed by atoms with Gasteiger partial charge >= 0.3 is 0 Å². The highest BCUT2D eigenvalue weighted by Crippen LogP contribution is 2.21. The molecule has 0 bridgehead atoms. The average Bonchev–Trinajstić information content (AvgIpc) is 3.24. The second kappa shape index (κ2) is 8.54. The van der Waals surface area contributed by atoms with E-state index < -0.39 is 0 Å². The largest absolute Gasteiger partial charge is 0.361 e. The van der Waals surface area contributed by atoms with Crippen LogP contribution in [0, 0.1) is 0 Å². The normalized spacial score (nSPS) is 15.2. The van der Waals surface area contributed by atoms with Crippen LogP contribution in [-0.2, 0) is 6.42 Å². The molecular weight excluding hydrogens is 322 g/mol. The molecule has 1 aromatic carbocycles. The SMILES string of the molecule is O=C(NCCN1CCCC1)c1ccc2[nH]cc(CCCCCl)c2c1. The number of rotatable bonds is 8. The van der Waals surface area contributed by atoms with Crippen LogP contribution in [0.3, 0.4) is 0 Å².